The minimum Gasteiger partial charge on any atom is -0.477 e. The molecule has 0 aliphatic carbocycles. The van der Waals surface area contributed by atoms with Crippen molar-refractivity contribution in [1.29, 1.82) is 0 Å². The second kappa shape index (κ2) is 10.2. The molecule has 2 saturated heterocycles. The Hall–Kier alpha value is -4.08. The van der Waals surface area contributed by atoms with Crippen LogP contribution in [0.15, 0.2) is 54.9 Å². The molecule has 2 aliphatic heterocycles. The maximum absolute atomic E-state index is 6.00. The second-order valence-electron chi connectivity index (χ2n) is 10.3. The maximum Gasteiger partial charge on any atom is 0.225 e. The molecule has 2 atom stereocenters. The van der Waals surface area contributed by atoms with Gasteiger partial charge in [0.25, 0.3) is 0 Å². The lowest BCUT2D eigenvalue weighted by Gasteiger charge is -2.11. The van der Waals surface area contributed by atoms with E-state index < -0.39 is 0 Å². The van der Waals surface area contributed by atoms with Crippen LogP contribution in [0.4, 0.5) is 0 Å². The van der Waals surface area contributed by atoms with Crippen molar-refractivity contribution in [1.82, 2.24) is 40.5 Å². The van der Waals surface area contributed by atoms with Gasteiger partial charge < -0.3 is 25.3 Å². The minimum atomic E-state index is 0.301. The molecule has 0 saturated carbocycles. The van der Waals surface area contributed by atoms with Gasteiger partial charge in [-0.2, -0.15) is 4.98 Å². The van der Waals surface area contributed by atoms with Gasteiger partial charge in [-0.3, -0.25) is 0 Å². The quantitative estimate of drug-likeness (QED) is 0.229. The molecule has 4 N–H and O–H groups in total. The topological polar surface area (TPSA) is 116 Å². The average Bonchev–Trinajstić information content (AvgIpc) is 3.80. The van der Waals surface area contributed by atoms with Gasteiger partial charge in [0.15, 0.2) is 5.82 Å². The SMILES string of the molecule is CCOc1nc(-c2ccc(-c3cnc(C4CCCN4)[nH]3)cc2)nc2ccc(-c3cnc(C4CCCN4)[nH]3)cc12. The van der Waals surface area contributed by atoms with Crippen LogP contribution in [0, 0.1) is 0 Å². The molecule has 9 nitrogen and oxygen atoms in total. The molecule has 2 aliphatic rings. The molecule has 2 aromatic carbocycles. The highest BCUT2D eigenvalue weighted by atomic mass is 16.5. The number of H-pyrrole nitrogens is 2. The normalized spacial score (nSPS) is 19.2. The summed E-state index contributed by atoms with van der Waals surface area (Å²) in [5, 5.41) is 7.88. The van der Waals surface area contributed by atoms with Crippen LogP contribution in [0.3, 0.4) is 0 Å². The van der Waals surface area contributed by atoms with Crippen LogP contribution in [0.2, 0.25) is 0 Å². The highest BCUT2D eigenvalue weighted by Gasteiger charge is 2.21. The molecule has 2 unspecified atom stereocenters. The smallest absolute Gasteiger partial charge is 0.225 e. The number of ether oxygens (including phenoxy) is 1. The fourth-order valence-electron chi connectivity index (χ4n) is 5.60. The lowest BCUT2D eigenvalue weighted by atomic mass is 10.1. The predicted octanol–water partition coefficient (Wildman–Crippen LogP) is 5.32. The molecule has 2 fully saturated rings. The first-order chi connectivity index (χ1) is 19.2. The van der Waals surface area contributed by atoms with Crippen molar-refractivity contribution in [3.8, 4) is 39.8 Å². The summed E-state index contributed by atoms with van der Waals surface area (Å²) in [6.07, 6.45) is 8.41. The van der Waals surface area contributed by atoms with Gasteiger partial charge in [-0.15, -0.1) is 0 Å². The lowest BCUT2D eigenvalue weighted by molar-refractivity contribution is 0.331. The molecule has 5 heterocycles. The number of imidazole rings is 2. The van der Waals surface area contributed by atoms with E-state index in [1.807, 2.05) is 25.4 Å². The van der Waals surface area contributed by atoms with Crippen molar-refractivity contribution in [2.75, 3.05) is 19.7 Å². The number of hydrogen-bond donors (Lipinski definition) is 4. The van der Waals surface area contributed by atoms with Crippen LogP contribution in [0.25, 0.3) is 44.8 Å². The van der Waals surface area contributed by atoms with Crippen molar-refractivity contribution in [3.63, 3.8) is 0 Å². The molecule has 7 rings (SSSR count). The molecular formula is C30H32N8O. The Kier molecular flexibility index (Phi) is 6.30. The minimum absolute atomic E-state index is 0.301. The van der Waals surface area contributed by atoms with E-state index in [2.05, 4.69) is 67.0 Å². The fourth-order valence-corrected chi connectivity index (χ4v) is 5.60. The van der Waals surface area contributed by atoms with Crippen molar-refractivity contribution in [2.24, 2.45) is 0 Å². The third kappa shape index (κ3) is 4.68. The van der Waals surface area contributed by atoms with E-state index in [9.17, 15) is 0 Å². The summed E-state index contributed by atoms with van der Waals surface area (Å²) in [4.78, 5) is 25.9. The van der Waals surface area contributed by atoms with Crippen molar-refractivity contribution >= 4 is 10.9 Å². The molecular weight excluding hydrogens is 488 g/mol. The summed E-state index contributed by atoms with van der Waals surface area (Å²) < 4.78 is 6.00. The van der Waals surface area contributed by atoms with Gasteiger partial charge >= 0.3 is 0 Å². The first-order valence-corrected chi connectivity index (χ1v) is 13.9. The van der Waals surface area contributed by atoms with Gasteiger partial charge in [0, 0.05) is 11.1 Å². The van der Waals surface area contributed by atoms with E-state index in [1.165, 1.54) is 12.8 Å². The number of aromatic nitrogens is 6. The largest absolute Gasteiger partial charge is 0.477 e. The second-order valence-corrected chi connectivity index (χ2v) is 10.3. The Morgan fingerprint density at radius 2 is 1.38 bits per heavy atom. The van der Waals surface area contributed by atoms with E-state index in [0.717, 1.165) is 76.6 Å². The molecule has 0 spiro atoms. The first-order valence-electron chi connectivity index (χ1n) is 13.9. The van der Waals surface area contributed by atoms with Gasteiger partial charge in [0.2, 0.25) is 5.88 Å². The fraction of sp³-hybridized carbons (Fsp3) is 0.333. The molecule has 198 valence electrons. The number of nitrogens with one attached hydrogen (secondary N) is 4. The maximum atomic E-state index is 6.00. The van der Waals surface area contributed by atoms with Crippen LogP contribution in [-0.4, -0.2) is 49.6 Å². The zero-order valence-electron chi connectivity index (χ0n) is 22.0. The molecule has 39 heavy (non-hydrogen) atoms. The van der Waals surface area contributed by atoms with E-state index in [0.29, 0.717) is 30.4 Å². The van der Waals surface area contributed by atoms with E-state index in [4.69, 9.17) is 14.7 Å². The molecule has 0 amide bonds. The zero-order valence-corrected chi connectivity index (χ0v) is 22.0. The average molecular weight is 521 g/mol. The number of aromatic amines is 2. The monoisotopic (exact) mass is 520 g/mol. The van der Waals surface area contributed by atoms with Gasteiger partial charge in [-0.05, 0) is 63.4 Å². The summed E-state index contributed by atoms with van der Waals surface area (Å²) in [6.45, 7) is 4.59. The van der Waals surface area contributed by atoms with Gasteiger partial charge in [-0.25, -0.2) is 15.0 Å². The summed E-state index contributed by atoms with van der Waals surface area (Å²) >= 11 is 0. The highest BCUT2D eigenvalue weighted by Crippen LogP contribution is 2.32. The molecule has 0 radical (unpaired) electrons. The third-order valence-corrected chi connectivity index (χ3v) is 7.68. The van der Waals surface area contributed by atoms with E-state index >= 15 is 0 Å². The van der Waals surface area contributed by atoms with E-state index in [-0.39, 0.29) is 0 Å². The Morgan fingerprint density at radius 1 is 0.769 bits per heavy atom. The first kappa shape index (κ1) is 24.0. The predicted molar refractivity (Wildman–Crippen MR) is 151 cm³/mol. The number of fused-ring (bicyclic) bond motifs is 1. The van der Waals surface area contributed by atoms with Crippen molar-refractivity contribution < 1.29 is 4.74 Å². The third-order valence-electron chi connectivity index (χ3n) is 7.68. The highest BCUT2D eigenvalue weighted by molar-refractivity contribution is 5.89. The Labute approximate surface area is 226 Å². The van der Waals surface area contributed by atoms with Gasteiger partial charge in [-0.1, -0.05) is 30.3 Å². The molecule has 9 heteroatoms. The Morgan fingerprint density at radius 3 is 2.00 bits per heavy atom. The van der Waals surface area contributed by atoms with Crippen LogP contribution >= 0.6 is 0 Å². The lowest BCUT2D eigenvalue weighted by Crippen LogP contribution is -2.14. The number of rotatable bonds is 7. The number of benzene rings is 2. The summed E-state index contributed by atoms with van der Waals surface area (Å²) in [7, 11) is 0. The number of nitrogens with zero attached hydrogens (tertiary/aromatic N) is 4. The van der Waals surface area contributed by atoms with Crippen molar-refractivity contribution in [3.05, 3.63) is 66.5 Å². The zero-order chi connectivity index (χ0) is 26.2. The van der Waals surface area contributed by atoms with Gasteiger partial charge in [0.05, 0.1) is 53.4 Å². The Balaban J connectivity index is 1.18. The van der Waals surface area contributed by atoms with Crippen LogP contribution in [-0.2, 0) is 0 Å². The Bertz CT molecular complexity index is 1590. The summed E-state index contributed by atoms with van der Waals surface area (Å²) in [5.41, 5.74) is 5.89. The van der Waals surface area contributed by atoms with E-state index in [1.54, 1.807) is 0 Å². The van der Waals surface area contributed by atoms with Crippen LogP contribution in [0.5, 0.6) is 5.88 Å². The number of hydrogen-bond acceptors (Lipinski definition) is 7. The van der Waals surface area contributed by atoms with Crippen LogP contribution < -0.4 is 15.4 Å². The standard InChI is InChI=1S/C30H32N8O/c1-2-39-30-21-15-20(26-17-34-29(37-26)24-6-4-14-32-24)11-12-22(21)35-27(38-30)19-9-7-18(8-10-19)25-16-33-28(36-25)23-5-3-13-31-23/h7-12,15-17,23-24,31-32H,2-6,13-14H2,1H3,(H,33,36)(H,34,37). The molecule has 3 aromatic heterocycles. The van der Waals surface area contributed by atoms with Crippen molar-refractivity contribution in [2.45, 2.75) is 44.7 Å². The molecule has 5 aromatic rings. The van der Waals surface area contributed by atoms with Crippen LogP contribution in [0.1, 0.15) is 56.3 Å². The molecule has 0 bridgehead atoms. The van der Waals surface area contributed by atoms with Gasteiger partial charge in [0.1, 0.15) is 11.6 Å². The summed E-state index contributed by atoms with van der Waals surface area (Å²) in [5.74, 6) is 3.22. The summed E-state index contributed by atoms with van der Waals surface area (Å²) in [6, 6.07) is 15.1.